The van der Waals surface area contributed by atoms with E-state index >= 15 is 0 Å². The van der Waals surface area contributed by atoms with Gasteiger partial charge in [-0.3, -0.25) is 14.4 Å². The molecule has 7 amide bonds. The number of anilines is 1. The predicted octanol–water partition coefficient (Wildman–Crippen LogP) is 6.53. The van der Waals surface area contributed by atoms with Crippen molar-refractivity contribution in [1.82, 2.24) is 35.3 Å². The molecule has 2 aromatic heterocycles. The van der Waals surface area contributed by atoms with Crippen LogP contribution in [0.2, 0.25) is 0 Å². The van der Waals surface area contributed by atoms with E-state index in [1.165, 1.54) is 9.80 Å². The standard InChI is InChI=1S/C61H65N9O13/c1-5-38-43-28-37(21-22-48(43)65-52-44(38)30-70-50(52)29-47-46(55(70)73)33-80-56(74)61(47,79)6-2)83-60(78)69-26-24-68(25-27-69)59(77)82-31-35-17-19-36(20-18-35)64-53(71)49(16-11-23-63-57(62)75)66-54(72)51(34(3)4)67-58(76)81-32-45-41-14-9-7-12-39(41)40-13-8-10-15-42(40)45/h7-10,12-15,17-22,28-29,34,45,49,51,79H,5-6,11,16,23-27,30-33H2,1-4H3,(H,64,71)(H,66,72)(H,67,76)(H3,62,63,75)/t49-,51-,61-/m0/s1. The number of urea groups is 1. The number of carbonyl (C=O) groups is 7. The highest BCUT2D eigenvalue weighted by atomic mass is 16.6. The Balaban J connectivity index is 0.701. The van der Waals surface area contributed by atoms with Crippen molar-refractivity contribution in [3.63, 3.8) is 0 Å². The van der Waals surface area contributed by atoms with Gasteiger partial charge in [0, 0.05) is 60.8 Å². The molecular formula is C61H65N9O13. The van der Waals surface area contributed by atoms with Crippen molar-refractivity contribution in [2.24, 2.45) is 11.7 Å². The summed E-state index contributed by atoms with van der Waals surface area (Å²) in [5.41, 5.74) is 12.1. The van der Waals surface area contributed by atoms with Crippen LogP contribution < -0.4 is 37.3 Å². The number of nitrogens with one attached hydrogen (secondary N) is 4. The molecule has 22 nitrogen and oxygen atoms in total. The van der Waals surface area contributed by atoms with Crippen molar-refractivity contribution in [3.05, 3.63) is 146 Å². The Morgan fingerprint density at radius 3 is 2.14 bits per heavy atom. The zero-order chi connectivity index (χ0) is 58.7. The maximum atomic E-state index is 13.8. The number of nitrogens with zero attached hydrogens (tertiary/aromatic N) is 4. The van der Waals surface area contributed by atoms with Crippen LogP contribution in [-0.4, -0.2) is 118 Å². The first-order valence-corrected chi connectivity index (χ1v) is 27.8. The zero-order valence-corrected chi connectivity index (χ0v) is 46.5. The molecule has 3 atom stereocenters. The third kappa shape index (κ3) is 11.6. The second-order valence-corrected chi connectivity index (χ2v) is 21.3. The Bertz CT molecular complexity index is 3570. The lowest BCUT2D eigenvalue weighted by atomic mass is 9.86. The van der Waals surface area contributed by atoms with Gasteiger partial charge < -0.3 is 65.4 Å². The number of fused-ring (bicyclic) bond motifs is 8. The fourth-order valence-electron chi connectivity index (χ4n) is 11.3. The number of rotatable bonds is 17. The molecule has 1 saturated heterocycles. The molecule has 0 unspecified atom stereocenters. The van der Waals surface area contributed by atoms with Crippen molar-refractivity contribution in [3.8, 4) is 28.3 Å². The summed E-state index contributed by atoms with van der Waals surface area (Å²) in [5, 5.41) is 22.8. The van der Waals surface area contributed by atoms with Crippen molar-refractivity contribution >= 4 is 58.7 Å². The number of benzene rings is 4. The minimum Gasteiger partial charge on any atom is -0.458 e. The van der Waals surface area contributed by atoms with Gasteiger partial charge in [0.25, 0.3) is 5.56 Å². The van der Waals surface area contributed by atoms with E-state index in [4.69, 9.17) is 29.7 Å². The number of amides is 7. The monoisotopic (exact) mass is 1130 g/mol. The van der Waals surface area contributed by atoms with Gasteiger partial charge in [0.05, 0.1) is 29.0 Å². The number of nitrogens with two attached hydrogens (primary N) is 1. The highest BCUT2D eigenvalue weighted by molar-refractivity contribution is 5.98. The van der Waals surface area contributed by atoms with E-state index in [0.29, 0.717) is 34.6 Å². The SMILES string of the molecule is CCc1c2c(nc3ccc(OC(=O)N4CCN(C(=O)OCc5ccc(NC(=O)[C@H](CCCNC(N)=O)NC(=O)[C@@H](NC(=O)OCC6c7ccccc7-c7ccccc76)C(C)C)cc5)CC4)cc13)-c1cc3c(c(=O)n1C2)COC(=O)[C@]3(O)CC. The van der Waals surface area contributed by atoms with Crippen LogP contribution in [0.5, 0.6) is 5.75 Å². The van der Waals surface area contributed by atoms with Crippen molar-refractivity contribution in [1.29, 1.82) is 0 Å². The van der Waals surface area contributed by atoms with Crippen LogP contribution in [0.4, 0.5) is 24.9 Å². The molecule has 0 radical (unpaired) electrons. The third-order valence-corrected chi connectivity index (χ3v) is 15.9. The molecule has 10 rings (SSSR count). The number of cyclic esters (lactones) is 1. The number of esters is 1. The summed E-state index contributed by atoms with van der Waals surface area (Å²) in [7, 11) is 0. The molecule has 4 aliphatic rings. The molecule has 1 fully saturated rings. The lowest BCUT2D eigenvalue weighted by molar-refractivity contribution is -0.172. The van der Waals surface area contributed by atoms with Crippen LogP contribution in [0.3, 0.4) is 0 Å². The van der Waals surface area contributed by atoms with Crippen LogP contribution in [0.25, 0.3) is 33.4 Å². The van der Waals surface area contributed by atoms with Crippen LogP contribution in [0.15, 0.2) is 102 Å². The molecule has 0 bridgehead atoms. The molecule has 5 heterocycles. The lowest BCUT2D eigenvalue weighted by Gasteiger charge is -2.33. The Hall–Kier alpha value is -9.31. The second-order valence-electron chi connectivity index (χ2n) is 21.3. The summed E-state index contributed by atoms with van der Waals surface area (Å²) in [5.74, 6) is -2.25. The number of primary amides is 1. The van der Waals surface area contributed by atoms with Gasteiger partial charge in [-0.25, -0.2) is 29.0 Å². The highest BCUT2D eigenvalue weighted by Gasteiger charge is 2.46. The van der Waals surface area contributed by atoms with Crippen LogP contribution in [0.1, 0.15) is 91.8 Å². The van der Waals surface area contributed by atoms with E-state index in [1.807, 2.05) is 55.5 Å². The molecule has 0 saturated carbocycles. The maximum Gasteiger partial charge on any atom is 0.415 e. The number of aromatic nitrogens is 2. The third-order valence-electron chi connectivity index (χ3n) is 15.9. The molecule has 83 heavy (non-hydrogen) atoms. The molecule has 432 valence electrons. The first-order valence-electron chi connectivity index (χ1n) is 27.8. The Labute approximate surface area is 477 Å². The smallest absolute Gasteiger partial charge is 0.415 e. The Morgan fingerprint density at radius 2 is 1.49 bits per heavy atom. The number of pyridine rings is 2. The molecule has 1 aliphatic carbocycles. The fraction of sp³-hybridized carbons (Fsp3) is 0.361. The van der Waals surface area contributed by atoms with Gasteiger partial charge in [-0.05, 0) is 101 Å². The van der Waals surface area contributed by atoms with E-state index in [1.54, 1.807) is 73.9 Å². The van der Waals surface area contributed by atoms with Crippen molar-refractivity contribution in [2.75, 3.05) is 44.6 Å². The molecular weight excluding hydrogens is 1070 g/mol. The van der Waals surface area contributed by atoms with Gasteiger partial charge in [0.2, 0.25) is 11.8 Å². The molecule has 4 aromatic carbocycles. The van der Waals surface area contributed by atoms with Gasteiger partial charge in [-0.1, -0.05) is 88.4 Å². The van der Waals surface area contributed by atoms with Gasteiger partial charge in [-0.15, -0.1) is 0 Å². The van der Waals surface area contributed by atoms with Crippen LogP contribution in [-0.2, 0) is 60.4 Å². The summed E-state index contributed by atoms with van der Waals surface area (Å²) in [6.45, 7) is 8.00. The zero-order valence-electron chi connectivity index (χ0n) is 46.5. The van der Waals surface area contributed by atoms with E-state index in [0.717, 1.165) is 38.8 Å². The molecule has 7 N–H and O–H groups in total. The largest absolute Gasteiger partial charge is 0.458 e. The second kappa shape index (κ2) is 24.0. The molecule has 0 spiro atoms. The lowest BCUT2D eigenvalue weighted by Crippen LogP contribution is -2.54. The van der Waals surface area contributed by atoms with Crippen molar-refractivity contribution in [2.45, 2.75) is 96.7 Å². The summed E-state index contributed by atoms with van der Waals surface area (Å²) in [4.78, 5) is 113. The van der Waals surface area contributed by atoms with Gasteiger partial charge in [0.15, 0.2) is 5.60 Å². The summed E-state index contributed by atoms with van der Waals surface area (Å²) in [6.07, 6.45) is -0.966. The highest BCUT2D eigenvalue weighted by Crippen LogP contribution is 2.45. The first kappa shape index (κ1) is 56.9. The van der Waals surface area contributed by atoms with E-state index in [9.17, 15) is 43.5 Å². The quantitative estimate of drug-likeness (QED) is 0.0321. The molecule has 22 heteroatoms. The fourth-order valence-corrected chi connectivity index (χ4v) is 11.3. The van der Waals surface area contributed by atoms with Gasteiger partial charge in [0.1, 0.15) is 37.7 Å². The maximum absolute atomic E-state index is 13.8. The number of ether oxygens (including phenoxy) is 4. The number of alkyl carbamates (subject to hydrolysis) is 1. The van der Waals surface area contributed by atoms with Crippen LogP contribution >= 0.6 is 0 Å². The minimum absolute atomic E-state index is 0.0313. The van der Waals surface area contributed by atoms with Crippen LogP contribution in [0, 0.1) is 5.92 Å². The van der Waals surface area contributed by atoms with E-state index in [-0.39, 0.29) is 107 Å². The summed E-state index contributed by atoms with van der Waals surface area (Å²) >= 11 is 0. The van der Waals surface area contributed by atoms with Gasteiger partial charge in [-0.2, -0.15) is 0 Å². The average molecular weight is 1130 g/mol. The number of hydrogen-bond donors (Lipinski definition) is 6. The molecule has 6 aromatic rings. The number of piperazine rings is 1. The van der Waals surface area contributed by atoms with E-state index < -0.39 is 65.7 Å². The average Bonchev–Trinajstić information content (AvgIpc) is 2.64. The van der Waals surface area contributed by atoms with Gasteiger partial charge >= 0.3 is 30.3 Å². The number of hydrogen-bond acceptors (Lipinski definition) is 14. The minimum atomic E-state index is -1.94. The number of aryl methyl sites for hydroxylation is 1. The Morgan fingerprint density at radius 1 is 0.819 bits per heavy atom. The van der Waals surface area contributed by atoms with Crippen molar-refractivity contribution < 1.29 is 57.6 Å². The Kier molecular flexibility index (Phi) is 16.5. The molecule has 3 aliphatic heterocycles. The van der Waals surface area contributed by atoms with E-state index in [2.05, 4.69) is 21.3 Å². The summed E-state index contributed by atoms with van der Waals surface area (Å²) < 4.78 is 24.0. The number of carbonyl (C=O) groups excluding carboxylic acids is 7. The first-order chi connectivity index (χ1) is 40.0. The summed E-state index contributed by atoms with van der Waals surface area (Å²) in [6, 6.07) is 26.4. The normalized spacial score (nSPS) is 16.5. The number of aliphatic hydroxyl groups is 1. The predicted molar refractivity (Wildman–Crippen MR) is 304 cm³/mol. The topological polar surface area (TPSA) is 292 Å².